The van der Waals surface area contributed by atoms with Gasteiger partial charge in [0.2, 0.25) is 0 Å². The molecule has 8 heteroatoms. The maximum absolute atomic E-state index is 12.2. The van der Waals surface area contributed by atoms with Crippen molar-refractivity contribution < 1.29 is 32.2 Å². The Bertz CT molecular complexity index is 556. The van der Waals surface area contributed by atoms with Crippen LogP contribution in [0.3, 0.4) is 0 Å². The van der Waals surface area contributed by atoms with Crippen LogP contribution in [0, 0.1) is 5.92 Å². The first-order chi connectivity index (χ1) is 10.1. The number of hydrogen-bond donors (Lipinski definition) is 1. The normalized spacial score (nSPS) is 11.2. The van der Waals surface area contributed by atoms with Gasteiger partial charge in [-0.25, -0.2) is 4.79 Å². The van der Waals surface area contributed by atoms with Gasteiger partial charge in [-0.1, -0.05) is 13.8 Å². The third-order valence-corrected chi connectivity index (χ3v) is 2.47. The van der Waals surface area contributed by atoms with Gasteiger partial charge in [-0.3, -0.25) is 4.79 Å². The molecular weight excluding hydrogens is 303 g/mol. The third-order valence-electron chi connectivity index (χ3n) is 2.47. The fourth-order valence-corrected chi connectivity index (χ4v) is 1.46. The van der Waals surface area contributed by atoms with Gasteiger partial charge in [0.25, 0.3) is 0 Å². The van der Waals surface area contributed by atoms with E-state index in [0.717, 1.165) is 13.2 Å². The molecule has 0 radical (unpaired) electrons. The Balaban J connectivity index is 3.04. The molecule has 0 fully saturated rings. The molecule has 0 saturated carbocycles. The number of nitrogens with one attached hydrogen (secondary N) is 1. The monoisotopic (exact) mass is 319 g/mol. The molecule has 1 aromatic rings. The second-order valence-electron chi connectivity index (χ2n) is 4.86. The topological polar surface area (TPSA) is 64.6 Å². The molecule has 0 bridgehead atoms. The molecular formula is C14H16F3NO4. The summed E-state index contributed by atoms with van der Waals surface area (Å²) in [6.07, 6.45) is -5.02. The number of halogens is 3. The second-order valence-corrected chi connectivity index (χ2v) is 4.86. The van der Waals surface area contributed by atoms with Gasteiger partial charge < -0.3 is 14.8 Å². The highest BCUT2D eigenvalue weighted by molar-refractivity contribution is 5.98. The van der Waals surface area contributed by atoms with E-state index in [0.29, 0.717) is 6.61 Å². The largest absolute Gasteiger partial charge is 0.492 e. The molecule has 0 spiro atoms. The van der Waals surface area contributed by atoms with E-state index < -0.39 is 18.1 Å². The van der Waals surface area contributed by atoms with E-state index in [4.69, 9.17) is 4.74 Å². The molecule has 5 nitrogen and oxygen atoms in total. The molecule has 1 rings (SSSR count). The fourth-order valence-electron chi connectivity index (χ4n) is 1.46. The highest BCUT2D eigenvalue weighted by atomic mass is 19.4. The molecule has 22 heavy (non-hydrogen) atoms. The molecule has 0 aromatic heterocycles. The van der Waals surface area contributed by atoms with Crippen LogP contribution >= 0.6 is 0 Å². The molecule has 1 N–H and O–H groups in total. The smallest absolute Gasteiger partial charge is 0.471 e. The van der Waals surface area contributed by atoms with E-state index in [-0.39, 0.29) is 22.9 Å². The molecule has 0 atom stereocenters. The number of benzene rings is 1. The summed E-state index contributed by atoms with van der Waals surface area (Å²) >= 11 is 0. The Kier molecular flexibility index (Phi) is 5.78. The van der Waals surface area contributed by atoms with E-state index in [2.05, 4.69) is 4.74 Å². The molecule has 0 saturated heterocycles. The van der Waals surface area contributed by atoms with Crippen LogP contribution in [0.15, 0.2) is 18.2 Å². The number of alkyl halides is 3. The highest BCUT2D eigenvalue weighted by Gasteiger charge is 2.38. The first-order valence-electron chi connectivity index (χ1n) is 6.38. The zero-order valence-electron chi connectivity index (χ0n) is 12.3. The van der Waals surface area contributed by atoms with Gasteiger partial charge in [-0.15, -0.1) is 0 Å². The van der Waals surface area contributed by atoms with Crippen LogP contribution in [-0.4, -0.2) is 31.8 Å². The lowest BCUT2D eigenvalue weighted by Gasteiger charge is -2.14. The zero-order chi connectivity index (χ0) is 16.9. The van der Waals surface area contributed by atoms with Crippen molar-refractivity contribution in [1.29, 1.82) is 0 Å². The lowest BCUT2D eigenvalue weighted by molar-refractivity contribution is -0.167. The molecule has 0 aliphatic heterocycles. The van der Waals surface area contributed by atoms with Crippen LogP contribution in [-0.2, 0) is 9.53 Å². The average Bonchev–Trinajstić information content (AvgIpc) is 2.43. The van der Waals surface area contributed by atoms with Gasteiger partial charge in [-0.2, -0.15) is 13.2 Å². The summed E-state index contributed by atoms with van der Waals surface area (Å²) in [7, 11) is 1.13. The first-order valence-corrected chi connectivity index (χ1v) is 6.38. The summed E-state index contributed by atoms with van der Waals surface area (Å²) in [6.45, 7) is 4.11. The minimum absolute atomic E-state index is 0.0666. The lowest BCUT2D eigenvalue weighted by Crippen LogP contribution is -2.30. The minimum atomic E-state index is -5.02. The van der Waals surface area contributed by atoms with Crippen LogP contribution in [0.25, 0.3) is 0 Å². The van der Waals surface area contributed by atoms with Crippen molar-refractivity contribution in [3.05, 3.63) is 23.8 Å². The van der Waals surface area contributed by atoms with Crippen LogP contribution in [0.4, 0.5) is 18.9 Å². The second kappa shape index (κ2) is 7.15. The number of carbonyl (C=O) groups excluding carboxylic acids is 2. The van der Waals surface area contributed by atoms with Crippen LogP contribution in [0.1, 0.15) is 24.2 Å². The van der Waals surface area contributed by atoms with Crippen molar-refractivity contribution in [2.75, 3.05) is 19.0 Å². The number of anilines is 1. The summed E-state index contributed by atoms with van der Waals surface area (Å²) in [5.74, 6) is -2.54. The summed E-state index contributed by atoms with van der Waals surface area (Å²) < 4.78 is 46.6. The Hall–Kier alpha value is -2.25. The van der Waals surface area contributed by atoms with E-state index in [9.17, 15) is 22.8 Å². The Morgan fingerprint density at radius 3 is 2.41 bits per heavy atom. The summed E-state index contributed by atoms with van der Waals surface area (Å²) in [4.78, 5) is 22.6. The molecule has 1 aromatic carbocycles. The fraction of sp³-hybridized carbons (Fsp3) is 0.429. The maximum Gasteiger partial charge on any atom is 0.471 e. The molecule has 122 valence electrons. The zero-order valence-corrected chi connectivity index (χ0v) is 12.3. The van der Waals surface area contributed by atoms with Crippen molar-refractivity contribution in [3.63, 3.8) is 0 Å². The Morgan fingerprint density at radius 1 is 1.27 bits per heavy atom. The van der Waals surface area contributed by atoms with Gasteiger partial charge in [0.1, 0.15) is 11.3 Å². The molecule has 0 heterocycles. The predicted octanol–water partition coefficient (Wildman–Crippen LogP) is 3.01. The van der Waals surface area contributed by atoms with Crippen LogP contribution in [0.2, 0.25) is 0 Å². The third kappa shape index (κ3) is 4.94. The number of rotatable bonds is 5. The molecule has 1 amide bonds. The predicted molar refractivity (Wildman–Crippen MR) is 72.8 cm³/mol. The lowest BCUT2D eigenvalue weighted by atomic mass is 10.1. The minimum Gasteiger partial charge on any atom is -0.492 e. The van der Waals surface area contributed by atoms with Crippen molar-refractivity contribution in [2.24, 2.45) is 5.92 Å². The van der Waals surface area contributed by atoms with E-state index in [1.807, 2.05) is 13.8 Å². The van der Waals surface area contributed by atoms with E-state index >= 15 is 0 Å². The highest BCUT2D eigenvalue weighted by Crippen LogP contribution is 2.26. The number of esters is 1. The number of carbonyl (C=O) groups is 2. The maximum atomic E-state index is 12.2. The van der Waals surface area contributed by atoms with Gasteiger partial charge in [-0.05, 0) is 24.1 Å². The molecule has 0 aliphatic carbocycles. The first kappa shape index (κ1) is 17.8. The van der Waals surface area contributed by atoms with Crippen LogP contribution < -0.4 is 10.1 Å². The van der Waals surface area contributed by atoms with E-state index in [1.54, 1.807) is 5.32 Å². The Labute approximate surface area is 125 Å². The average molecular weight is 319 g/mol. The SMILES string of the molecule is COC(=O)c1cc(NC(=O)C(F)(F)F)ccc1OCC(C)C. The van der Waals surface area contributed by atoms with E-state index in [1.165, 1.54) is 12.1 Å². The number of hydrogen-bond acceptors (Lipinski definition) is 4. The summed E-state index contributed by atoms with van der Waals surface area (Å²) in [5, 5.41) is 1.67. The standard InChI is InChI=1S/C14H16F3NO4/c1-8(2)7-22-11-5-4-9(6-10(11)12(19)21-3)18-13(20)14(15,16)17/h4-6,8H,7H2,1-3H3,(H,18,20). The van der Waals surface area contributed by atoms with Crippen molar-refractivity contribution >= 4 is 17.6 Å². The van der Waals surface area contributed by atoms with Crippen molar-refractivity contribution in [2.45, 2.75) is 20.0 Å². The molecule has 0 unspecified atom stereocenters. The number of ether oxygens (including phenoxy) is 2. The van der Waals surface area contributed by atoms with Gasteiger partial charge >= 0.3 is 18.1 Å². The summed E-state index contributed by atoms with van der Waals surface area (Å²) in [5.41, 5.74) is -0.247. The number of amides is 1. The van der Waals surface area contributed by atoms with Gasteiger partial charge in [0, 0.05) is 5.69 Å². The molecule has 0 aliphatic rings. The van der Waals surface area contributed by atoms with Crippen molar-refractivity contribution in [1.82, 2.24) is 0 Å². The van der Waals surface area contributed by atoms with Gasteiger partial charge in [0.05, 0.1) is 13.7 Å². The van der Waals surface area contributed by atoms with Crippen molar-refractivity contribution in [3.8, 4) is 5.75 Å². The van der Waals surface area contributed by atoms with Crippen LogP contribution in [0.5, 0.6) is 5.75 Å². The van der Waals surface area contributed by atoms with Gasteiger partial charge in [0.15, 0.2) is 0 Å². The quantitative estimate of drug-likeness (QED) is 0.847. The number of methoxy groups -OCH3 is 1. The summed E-state index contributed by atoms with van der Waals surface area (Å²) in [6, 6.07) is 3.59. The Morgan fingerprint density at radius 2 is 1.91 bits per heavy atom.